The molecule has 1 rings (SSSR count). The van der Waals surface area contributed by atoms with E-state index in [1.165, 1.54) is 24.3 Å². The summed E-state index contributed by atoms with van der Waals surface area (Å²) >= 11 is 0. The lowest BCUT2D eigenvalue weighted by Gasteiger charge is -2.12. The molecule has 0 saturated carbocycles. The van der Waals surface area contributed by atoms with Gasteiger partial charge in [-0.15, -0.1) is 13.2 Å². The summed E-state index contributed by atoms with van der Waals surface area (Å²) in [7, 11) is 0. The zero-order chi connectivity index (χ0) is 16.6. The Morgan fingerprint density at radius 3 is 2.73 bits per heavy atom. The Balaban J connectivity index is 2.67. The quantitative estimate of drug-likeness (QED) is 0.760. The van der Waals surface area contributed by atoms with Crippen LogP contribution in [0.5, 0.6) is 5.75 Å². The van der Waals surface area contributed by atoms with E-state index in [1.54, 1.807) is 13.0 Å². The first-order valence-corrected chi connectivity index (χ1v) is 6.76. The minimum Gasteiger partial charge on any atom is -0.405 e. The molecule has 1 aromatic rings. The van der Waals surface area contributed by atoms with E-state index >= 15 is 0 Å². The highest BCUT2D eigenvalue weighted by molar-refractivity contribution is 5.92. The lowest BCUT2D eigenvalue weighted by Crippen LogP contribution is -2.31. The third-order valence-electron chi connectivity index (χ3n) is 2.74. The number of ether oxygens (including phenoxy) is 1. The summed E-state index contributed by atoms with van der Waals surface area (Å²) in [5.41, 5.74) is 0.151. The van der Waals surface area contributed by atoms with Gasteiger partial charge in [0.1, 0.15) is 5.75 Å². The van der Waals surface area contributed by atoms with Crippen LogP contribution >= 0.6 is 0 Å². The molecule has 0 aliphatic rings. The van der Waals surface area contributed by atoms with Crippen LogP contribution in [0, 0.1) is 0 Å². The summed E-state index contributed by atoms with van der Waals surface area (Å²) in [4.78, 5) is 11.7. The zero-order valence-electron chi connectivity index (χ0n) is 12.1. The molecule has 1 aromatic carbocycles. The molecule has 0 bridgehead atoms. The summed E-state index contributed by atoms with van der Waals surface area (Å²) in [5.74, 6) is -0.792. The number of aliphatic hydroxyl groups excluding tert-OH is 1. The first-order valence-electron chi connectivity index (χ1n) is 6.76. The summed E-state index contributed by atoms with van der Waals surface area (Å²) in [6, 6.07) is 5.42. The lowest BCUT2D eigenvalue weighted by molar-refractivity contribution is -0.274. The van der Waals surface area contributed by atoms with E-state index in [0.717, 1.165) is 6.08 Å². The van der Waals surface area contributed by atoms with Gasteiger partial charge in [-0.1, -0.05) is 18.2 Å². The second-order valence-corrected chi connectivity index (χ2v) is 4.69. The van der Waals surface area contributed by atoms with Crippen LogP contribution in [0.15, 0.2) is 30.3 Å². The van der Waals surface area contributed by atoms with Gasteiger partial charge in [-0.2, -0.15) is 0 Å². The standard InChI is InChI=1S/C15H18F3NO3/c1-11(5-4-10-20)19-14(21)9-8-12-6-2-3-7-13(12)22-15(16,17)18/h2-3,6-9,11,20H,4-5,10H2,1H3,(H,19,21)/b9-8+. The van der Waals surface area contributed by atoms with Crippen molar-refractivity contribution < 1.29 is 27.8 Å². The molecule has 0 radical (unpaired) electrons. The van der Waals surface area contributed by atoms with Crippen molar-refractivity contribution in [2.24, 2.45) is 0 Å². The molecular formula is C15H18F3NO3. The number of benzene rings is 1. The van der Waals surface area contributed by atoms with Crippen molar-refractivity contribution in [1.82, 2.24) is 5.32 Å². The topological polar surface area (TPSA) is 58.6 Å². The van der Waals surface area contributed by atoms with Gasteiger partial charge >= 0.3 is 6.36 Å². The molecule has 22 heavy (non-hydrogen) atoms. The number of aliphatic hydroxyl groups is 1. The van der Waals surface area contributed by atoms with Gasteiger partial charge in [0.2, 0.25) is 5.91 Å². The lowest BCUT2D eigenvalue weighted by atomic mass is 10.1. The van der Waals surface area contributed by atoms with Crippen molar-refractivity contribution >= 4 is 12.0 Å². The Morgan fingerprint density at radius 1 is 1.41 bits per heavy atom. The van der Waals surface area contributed by atoms with Crippen molar-refractivity contribution in [2.75, 3.05) is 6.61 Å². The van der Waals surface area contributed by atoms with E-state index in [0.29, 0.717) is 12.8 Å². The van der Waals surface area contributed by atoms with Gasteiger partial charge in [0.05, 0.1) is 0 Å². The molecule has 0 spiro atoms. The third kappa shape index (κ3) is 7.12. The summed E-state index contributed by atoms with van der Waals surface area (Å²) in [6.45, 7) is 1.82. The average molecular weight is 317 g/mol. The summed E-state index contributed by atoms with van der Waals surface area (Å²) in [5, 5.41) is 11.3. The van der Waals surface area contributed by atoms with Crippen LogP contribution < -0.4 is 10.1 Å². The number of hydrogen-bond donors (Lipinski definition) is 2. The Labute approximate surface area is 126 Å². The number of carbonyl (C=O) groups excluding carboxylic acids is 1. The van der Waals surface area contributed by atoms with Crippen molar-refractivity contribution in [1.29, 1.82) is 0 Å². The van der Waals surface area contributed by atoms with E-state index in [-0.39, 0.29) is 24.0 Å². The Hall–Kier alpha value is -2.02. The molecule has 0 saturated heterocycles. The van der Waals surface area contributed by atoms with Gasteiger partial charge in [0.15, 0.2) is 0 Å². The van der Waals surface area contributed by atoms with Crippen LogP contribution in [0.25, 0.3) is 6.08 Å². The molecule has 0 aliphatic heterocycles. The summed E-state index contributed by atoms with van der Waals surface area (Å²) in [6.07, 6.45) is -1.20. The Bertz CT molecular complexity index is 515. The smallest absolute Gasteiger partial charge is 0.405 e. The molecule has 1 unspecified atom stereocenters. The highest BCUT2D eigenvalue weighted by atomic mass is 19.4. The number of alkyl halides is 3. The monoisotopic (exact) mass is 317 g/mol. The van der Waals surface area contributed by atoms with Crippen molar-refractivity contribution in [3.8, 4) is 5.75 Å². The van der Waals surface area contributed by atoms with Crippen LogP contribution in [-0.2, 0) is 4.79 Å². The van der Waals surface area contributed by atoms with Crippen molar-refractivity contribution in [3.05, 3.63) is 35.9 Å². The maximum Gasteiger partial charge on any atom is 0.573 e. The number of hydrogen-bond acceptors (Lipinski definition) is 3. The molecule has 1 atom stereocenters. The Kier molecular flexibility index (Phi) is 6.91. The third-order valence-corrected chi connectivity index (χ3v) is 2.74. The first kappa shape index (κ1) is 18.0. The highest BCUT2D eigenvalue weighted by Crippen LogP contribution is 2.26. The van der Waals surface area contributed by atoms with Crippen LogP contribution in [0.4, 0.5) is 13.2 Å². The van der Waals surface area contributed by atoms with Gasteiger partial charge in [0.25, 0.3) is 0 Å². The minimum absolute atomic E-state index is 0.0399. The molecule has 1 amide bonds. The molecule has 2 N–H and O–H groups in total. The van der Waals surface area contributed by atoms with Crippen LogP contribution in [0.1, 0.15) is 25.3 Å². The molecule has 0 aromatic heterocycles. The van der Waals surface area contributed by atoms with Crippen LogP contribution in [0.2, 0.25) is 0 Å². The maximum atomic E-state index is 12.3. The molecule has 122 valence electrons. The molecule has 7 heteroatoms. The van der Waals surface area contributed by atoms with Gasteiger partial charge in [-0.25, -0.2) is 0 Å². The van der Waals surface area contributed by atoms with E-state index < -0.39 is 12.3 Å². The number of halogens is 3. The van der Waals surface area contributed by atoms with E-state index in [1.807, 2.05) is 0 Å². The fraction of sp³-hybridized carbons (Fsp3) is 0.400. The van der Waals surface area contributed by atoms with E-state index in [4.69, 9.17) is 5.11 Å². The Morgan fingerprint density at radius 2 is 2.09 bits per heavy atom. The number of rotatable bonds is 7. The largest absolute Gasteiger partial charge is 0.573 e. The number of para-hydroxylation sites is 1. The molecule has 0 aliphatic carbocycles. The fourth-order valence-corrected chi connectivity index (χ4v) is 1.76. The highest BCUT2D eigenvalue weighted by Gasteiger charge is 2.31. The average Bonchev–Trinajstić information content (AvgIpc) is 2.42. The van der Waals surface area contributed by atoms with Gasteiger partial charge in [0, 0.05) is 24.3 Å². The SMILES string of the molecule is CC(CCCO)NC(=O)/C=C/c1ccccc1OC(F)(F)F. The van der Waals surface area contributed by atoms with Crippen molar-refractivity contribution in [2.45, 2.75) is 32.2 Å². The number of nitrogens with one attached hydrogen (secondary N) is 1. The zero-order valence-corrected chi connectivity index (χ0v) is 12.1. The van der Waals surface area contributed by atoms with Gasteiger partial charge < -0.3 is 15.2 Å². The second kappa shape index (κ2) is 8.43. The number of amides is 1. The molecule has 0 heterocycles. The minimum atomic E-state index is -4.79. The van der Waals surface area contributed by atoms with E-state index in [9.17, 15) is 18.0 Å². The fourth-order valence-electron chi connectivity index (χ4n) is 1.76. The predicted molar refractivity (Wildman–Crippen MR) is 76.1 cm³/mol. The normalized spacial score (nSPS) is 13.1. The molecular weight excluding hydrogens is 299 g/mol. The second-order valence-electron chi connectivity index (χ2n) is 4.69. The maximum absolute atomic E-state index is 12.3. The number of carbonyl (C=O) groups is 1. The van der Waals surface area contributed by atoms with Crippen LogP contribution in [-0.4, -0.2) is 30.0 Å². The van der Waals surface area contributed by atoms with Crippen LogP contribution in [0.3, 0.4) is 0 Å². The summed E-state index contributed by atoms with van der Waals surface area (Å²) < 4.78 is 40.7. The van der Waals surface area contributed by atoms with Gasteiger partial charge in [-0.3, -0.25) is 4.79 Å². The first-order chi connectivity index (χ1) is 10.3. The van der Waals surface area contributed by atoms with Gasteiger partial charge in [-0.05, 0) is 31.9 Å². The van der Waals surface area contributed by atoms with E-state index in [2.05, 4.69) is 10.1 Å². The van der Waals surface area contributed by atoms with Crippen molar-refractivity contribution in [3.63, 3.8) is 0 Å². The molecule has 0 fully saturated rings. The predicted octanol–water partition coefficient (Wildman–Crippen LogP) is 2.88. The molecule has 4 nitrogen and oxygen atoms in total.